The molecule has 0 radical (unpaired) electrons. The van der Waals surface area contributed by atoms with E-state index in [1.54, 1.807) is 11.3 Å². The maximum Gasteiger partial charge on any atom is 0.186 e. The van der Waals surface area contributed by atoms with E-state index in [1.165, 1.54) is 96.6 Å². The minimum absolute atomic E-state index is 0. The van der Waals surface area contributed by atoms with Crippen molar-refractivity contribution in [1.82, 2.24) is 4.90 Å². The smallest absolute Gasteiger partial charge is 0.186 e. The van der Waals surface area contributed by atoms with E-state index >= 15 is 0 Å². The van der Waals surface area contributed by atoms with Gasteiger partial charge in [-0.3, -0.25) is 4.90 Å². The van der Waals surface area contributed by atoms with Crippen LogP contribution in [0.15, 0.2) is 18.3 Å². The Bertz CT molecular complexity index is 545. The SMILES string of the molecule is CCCCCCCCCCCC[n+]1cccc2c1CC[C@@H]1CCN(C)[C@H]21.[I-]. The van der Waals surface area contributed by atoms with E-state index in [0.29, 0.717) is 6.04 Å². The lowest BCUT2D eigenvalue weighted by Crippen LogP contribution is -3.00. The molecule has 1 aromatic heterocycles. The van der Waals surface area contributed by atoms with Gasteiger partial charge >= 0.3 is 0 Å². The highest BCUT2D eigenvalue weighted by Gasteiger charge is 2.40. The van der Waals surface area contributed by atoms with Gasteiger partial charge in [0.15, 0.2) is 11.9 Å². The third-order valence-corrected chi connectivity index (χ3v) is 6.82. The molecule has 2 atom stereocenters. The van der Waals surface area contributed by atoms with Crippen molar-refractivity contribution in [3.05, 3.63) is 29.6 Å². The summed E-state index contributed by atoms with van der Waals surface area (Å²) in [5.74, 6) is 0.903. The molecule has 2 aliphatic rings. The summed E-state index contributed by atoms with van der Waals surface area (Å²) in [6.45, 7) is 4.80. The van der Waals surface area contributed by atoms with Crippen molar-refractivity contribution >= 4 is 0 Å². The van der Waals surface area contributed by atoms with Crippen LogP contribution in [0.3, 0.4) is 0 Å². The van der Waals surface area contributed by atoms with E-state index < -0.39 is 0 Å². The van der Waals surface area contributed by atoms with E-state index in [0.717, 1.165) is 5.92 Å². The van der Waals surface area contributed by atoms with Crippen LogP contribution in [0.4, 0.5) is 0 Å². The average Bonchev–Trinajstić information content (AvgIpc) is 3.05. The second-order valence-corrected chi connectivity index (χ2v) is 8.80. The van der Waals surface area contributed by atoms with Crippen molar-refractivity contribution in [3.8, 4) is 0 Å². The fourth-order valence-electron chi connectivity index (χ4n) is 5.28. The van der Waals surface area contributed by atoms with Crippen LogP contribution in [-0.4, -0.2) is 18.5 Å². The first-order chi connectivity index (χ1) is 12.8. The first kappa shape index (κ1) is 23.1. The predicted molar refractivity (Wildman–Crippen MR) is 110 cm³/mol. The second-order valence-electron chi connectivity index (χ2n) is 8.80. The predicted octanol–water partition coefficient (Wildman–Crippen LogP) is 2.84. The zero-order valence-electron chi connectivity index (χ0n) is 17.8. The van der Waals surface area contributed by atoms with Gasteiger partial charge in [0.1, 0.15) is 6.54 Å². The summed E-state index contributed by atoms with van der Waals surface area (Å²) >= 11 is 0. The fraction of sp³-hybridized carbons (Fsp3) is 0.792. The molecule has 0 aromatic carbocycles. The Labute approximate surface area is 185 Å². The van der Waals surface area contributed by atoms with E-state index in [4.69, 9.17) is 0 Å². The first-order valence-electron chi connectivity index (χ1n) is 11.5. The first-order valence-corrected chi connectivity index (χ1v) is 11.5. The number of hydrogen-bond donors (Lipinski definition) is 0. The summed E-state index contributed by atoms with van der Waals surface area (Å²) in [4.78, 5) is 2.59. The summed E-state index contributed by atoms with van der Waals surface area (Å²) < 4.78 is 2.59. The zero-order valence-corrected chi connectivity index (χ0v) is 19.9. The normalized spacial score (nSPS) is 21.6. The number of unbranched alkanes of at least 4 members (excludes halogenated alkanes) is 9. The molecular formula is C24H41IN2. The van der Waals surface area contributed by atoms with Crippen LogP contribution in [0.1, 0.15) is 101 Å². The molecule has 2 heterocycles. The number of aromatic nitrogens is 1. The highest BCUT2D eigenvalue weighted by atomic mass is 127. The molecule has 1 fully saturated rings. The monoisotopic (exact) mass is 484 g/mol. The van der Waals surface area contributed by atoms with Crippen LogP contribution < -0.4 is 28.5 Å². The van der Waals surface area contributed by atoms with Crippen LogP contribution in [0.5, 0.6) is 0 Å². The zero-order chi connectivity index (χ0) is 18.2. The number of fused-ring (bicyclic) bond motifs is 3. The molecule has 0 saturated carbocycles. The molecule has 0 unspecified atom stereocenters. The van der Waals surface area contributed by atoms with E-state index in [2.05, 4.69) is 41.8 Å². The molecule has 1 saturated heterocycles. The van der Waals surface area contributed by atoms with Crippen molar-refractivity contribution in [2.24, 2.45) is 5.92 Å². The second kappa shape index (κ2) is 12.4. The molecule has 0 N–H and O–H groups in total. The van der Waals surface area contributed by atoms with Crippen molar-refractivity contribution in [3.63, 3.8) is 0 Å². The molecule has 1 aromatic rings. The number of rotatable bonds is 11. The fourth-order valence-corrected chi connectivity index (χ4v) is 5.28. The third-order valence-electron chi connectivity index (χ3n) is 6.82. The highest BCUT2D eigenvalue weighted by molar-refractivity contribution is 5.25. The maximum atomic E-state index is 2.59. The quantitative estimate of drug-likeness (QED) is 0.266. The lowest BCUT2D eigenvalue weighted by atomic mass is 9.82. The van der Waals surface area contributed by atoms with Gasteiger partial charge < -0.3 is 24.0 Å². The molecule has 1 aliphatic carbocycles. The van der Waals surface area contributed by atoms with Crippen LogP contribution >= 0.6 is 0 Å². The summed E-state index contributed by atoms with van der Waals surface area (Å²) in [6.07, 6.45) is 20.6. The van der Waals surface area contributed by atoms with E-state index in [9.17, 15) is 0 Å². The third kappa shape index (κ3) is 6.42. The van der Waals surface area contributed by atoms with Gasteiger partial charge in [0.05, 0.1) is 0 Å². The van der Waals surface area contributed by atoms with Crippen LogP contribution in [0, 0.1) is 5.92 Å². The molecule has 0 spiro atoms. The minimum atomic E-state index is 0. The molecule has 0 bridgehead atoms. The lowest BCUT2D eigenvalue weighted by molar-refractivity contribution is -0.705. The topological polar surface area (TPSA) is 7.12 Å². The van der Waals surface area contributed by atoms with Gasteiger partial charge in [-0.2, -0.15) is 0 Å². The summed E-state index contributed by atoms with van der Waals surface area (Å²) in [5, 5.41) is 0. The molecule has 3 rings (SSSR count). The summed E-state index contributed by atoms with van der Waals surface area (Å²) in [5.41, 5.74) is 3.27. The van der Waals surface area contributed by atoms with E-state index in [-0.39, 0.29) is 24.0 Å². The highest BCUT2D eigenvalue weighted by Crippen LogP contribution is 2.42. The minimum Gasteiger partial charge on any atom is -1.00 e. The summed E-state index contributed by atoms with van der Waals surface area (Å²) in [6, 6.07) is 5.39. The molecular weight excluding hydrogens is 443 g/mol. The van der Waals surface area contributed by atoms with Gasteiger partial charge in [0.2, 0.25) is 0 Å². The molecule has 0 amide bonds. The van der Waals surface area contributed by atoms with Gasteiger partial charge in [-0.25, -0.2) is 4.57 Å². The van der Waals surface area contributed by atoms with Gasteiger partial charge in [-0.05, 0) is 44.8 Å². The number of likely N-dealkylation sites (tertiary alicyclic amines) is 1. The van der Waals surface area contributed by atoms with Crippen LogP contribution in [0.2, 0.25) is 0 Å². The molecule has 27 heavy (non-hydrogen) atoms. The van der Waals surface area contributed by atoms with Crippen molar-refractivity contribution in [1.29, 1.82) is 0 Å². The average molecular weight is 485 g/mol. The van der Waals surface area contributed by atoms with Gasteiger partial charge in [0.25, 0.3) is 0 Å². The largest absolute Gasteiger partial charge is 1.00 e. The van der Waals surface area contributed by atoms with E-state index in [1.807, 2.05) is 0 Å². The number of halogens is 1. The van der Waals surface area contributed by atoms with Crippen molar-refractivity contribution in [2.75, 3.05) is 13.6 Å². The molecule has 154 valence electrons. The molecule has 3 heteroatoms. The van der Waals surface area contributed by atoms with Gasteiger partial charge in [-0.15, -0.1) is 0 Å². The lowest BCUT2D eigenvalue weighted by Gasteiger charge is -2.30. The number of aryl methyl sites for hydroxylation is 1. The van der Waals surface area contributed by atoms with Gasteiger partial charge in [0, 0.05) is 30.5 Å². The Morgan fingerprint density at radius 1 is 0.963 bits per heavy atom. The Morgan fingerprint density at radius 2 is 1.63 bits per heavy atom. The standard InChI is InChI=1S/C24H41N2.HI/c1-3-4-5-6-7-8-9-10-11-12-18-26-19-13-14-22-23(26)16-15-21-17-20-25(2)24(21)22;/h13-14,19,21,24H,3-12,15-18,20H2,1-2H3;1H/q+1;/p-1/t21-,24+;/m1./s1. The van der Waals surface area contributed by atoms with Crippen LogP contribution in [-0.2, 0) is 13.0 Å². The van der Waals surface area contributed by atoms with Crippen molar-refractivity contribution in [2.45, 2.75) is 103 Å². The number of nitrogens with zero attached hydrogens (tertiary/aromatic N) is 2. The summed E-state index contributed by atoms with van der Waals surface area (Å²) in [7, 11) is 2.32. The Hall–Kier alpha value is -0.160. The molecule has 2 nitrogen and oxygen atoms in total. The van der Waals surface area contributed by atoms with Crippen molar-refractivity contribution < 1.29 is 28.5 Å². The maximum absolute atomic E-state index is 2.59. The Morgan fingerprint density at radius 3 is 2.33 bits per heavy atom. The van der Waals surface area contributed by atoms with Crippen LogP contribution in [0.25, 0.3) is 0 Å². The Balaban J connectivity index is 0.00000261. The Kier molecular flexibility index (Phi) is 10.6. The number of hydrogen-bond acceptors (Lipinski definition) is 1. The molecule has 1 aliphatic heterocycles. The number of pyridine rings is 1. The van der Waals surface area contributed by atoms with Gasteiger partial charge in [-0.1, -0.05) is 58.3 Å².